The van der Waals surface area contributed by atoms with Gasteiger partial charge in [0.2, 0.25) is 29.5 Å². The first-order valence-corrected chi connectivity index (χ1v) is 21.9. The number of rotatable bonds is 19. The molecule has 20 heteroatoms. The van der Waals surface area contributed by atoms with Crippen LogP contribution in [0.15, 0.2) is 66.7 Å². The number of hydrogen-bond acceptors (Lipinski definition) is 11. The van der Waals surface area contributed by atoms with Crippen molar-refractivity contribution < 1.29 is 61.7 Å². The van der Waals surface area contributed by atoms with E-state index in [1.54, 1.807) is 54.6 Å². The molecular weight excluding hydrogens is 880 g/mol. The predicted octanol–water partition coefficient (Wildman–Crippen LogP) is 3.46. The number of aliphatic carboxylic acids is 1. The van der Waals surface area contributed by atoms with Crippen LogP contribution in [0.4, 0.5) is 18.9 Å². The van der Waals surface area contributed by atoms with Gasteiger partial charge >= 0.3 is 12.1 Å². The van der Waals surface area contributed by atoms with Gasteiger partial charge in [0.05, 0.1) is 18.2 Å². The number of nitrogens with two attached hydrogens (primary N) is 1. The van der Waals surface area contributed by atoms with Gasteiger partial charge in [0.1, 0.15) is 23.9 Å². The number of alkyl halides is 3. The fraction of sp³-hybridized carbons (Fsp3) is 0.447. The molecule has 0 unspecified atom stereocenters. The highest BCUT2D eigenvalue weighted by Crippen LogP contribution is 2.32. The van der Waals surface area contributed by atoms with Crippen LogP contribution in [-0.4, -0.2) is 119 Å². The number of carboxylic acids is 1. The van der Waals surface area contributed by atoms with E-state index in [9.17, 15) is 51.8 Å². The van der Waals surface area contributed by atoms with Crippen LogP contribution in [0.5, 0.6) is 5.75 Å². The van der Waals surface area contributed by atoms with E-state index >= 15 is 0 Å². The van der Waals surface area contributed by atoms with E-state index in [0.29, 0.717) is 79.7 Å². The number of fused-ring (bicyclic) bond motifs is 2. The van der Waals surface area contributed by atoms with E-state index in [0.717, 1.165) is 5.56 Å². The largest absolute Gasteiger partial charge is 0.508 e. The minimum atomic E-state index is -5.08. The van der Waals surface area contributed by atoms with Crippen LogP contribution in [0, 0.1) is 11.8 Å². The second kappa shape index (κ2) is 24.1. The van der Waals surface area contributed by atoms with Crippen LogP contribution < -0.4 is 32.3 Å². The third kappa shape index (κ3) is 15.1. The summed E-state index contributed by atoms with van der Waals surface area (Å²) in [5, 5.41) is 30.9. The lowest BCUT2D eigenvalue weighted by atomic mass is 9.83. The standard InChI is InChI=1S/C45H57N7O8.C2HF3O2/c1-26(2)22-35(51-42(57)33(46)24-28-15-17-29(53)18-16-28)43(58)49-25-38(54)50-36(23-27(3)4)45(60)52-21-8-14-37(52)44(59)48-20-9-19-47-34-13-7-12-32-39(34)41(56)31-11-6-5-10-30(31)40(32)55;3-2(4,5)1(6)7/h5-7,10-13,15-18,26-27,33,35-37,47,53H,8-9,14,19-25,46H2,1-4H3,(H,48,59)(H,49,58)(H,50,54)(H,51,57);(H,6,7)/t33-,35-,36-,37-;/m0./s1. The fourth-order valence-corrected chi connectivity index (χ4v) is 7.63. The van der Waals surface area contributed by atoms with E-state index in [4.69, 9.17) is 15.6 Å². The first kappa shape index (κ1) is 52.8. The van der Waals surface area contributed by atoms with Crippen LogP contribution in [0.25, 0.3) is 0 Å². The summed E-state index contributed by atoms with van der Waals surface area (Å²) in [6.45, 7) is 8.24. The monoisotopic (exact) mass is 937 g/mol. The van der Waals surface area contributed by atoms with Crippen LogP contribution >= 0.6 is 0 Å². The number of amides is 5. The molecule has 9 N–H and O–H groups in total. The highest BCUT2D eigenvalue weighted by molar-refractivity contribution is 6.30. The summed E-state index contributed by atoms with van der Waals surface area (Å²) in [6, 6.07) is 14.6. The Bertz CT molecular complexity index is 2290. The van der Waals surface area contributed by atoms with Crippen LogP contribution in [-0.2, 0) is 35.2 Å². The van der Waals surface area contributed by atoms with Crippen molar-refractivity contribution in [2.75, 3.05) is 31.5 Å². The summed E-state index contributed by atoms with van der Waals surface area (Å²) >= 11 is 0. The summed E-state index contributed by atoms with van der Waals surface area (Å²) in [7, 11) is 0. The highest BCUT2D eigenvalue weighted by atomic mass is 19.4. The van der Waals surface area contributed by atoms with Crippen molar-refractivity contribution in [1.82, 2.24) is 26.2 Å². The zero-order valence-electron chi connectivity index (χ0n) is 37.7. The first-order valence-electron chi connectivity index (χ1n) is 21.9. The SMILES string of the molecule is CC(C)C[C@H](NC(=O)[C@@H](N)Cc1ccc(O)cc1)C(=O)NCC(=O)N[C@@H](CC(C)C)C(=O)N1CCC[C@H]1C(=O)NCCCNc1cccc2c1C(=O)c1ccccc1C2=O.O=C(O)C(F)(F)F. The Morgan fingerprint density at radius 2 is 1.37 bits per heavy atom. The Morgan fingerprint density at radius 3 is 1.99 bits per heavy atom. The molecule has 3 aromatic carbocycles. The number of likely N-dealkylation sites (tertiary alicyclic amines) is 1. The number of aromatic hydroxyl groups is 1. The van der Waals surface area contributed by atoms with Crippen molar-refractivity contribution in [3.8, 4) is 5.75 Å². The third-order valence-corrected chi connectivity index (χ3v) is 10.8. The van der Waals surface area contributed by atoms with Gasteiger partial charge in [0.25, 0.3) is 0 Å². The number of nitrogens with zero attached hydrogens (tertiary/aromatic N) is 1. The summed E-state index contributed by atoms with van der Waals surface area (Å²) < 4.78 is 31.7. The smallest absolute Gasteiger partial charge is 0.490 e. The van der Waals surface area contributed by atoms with Gasteiger partial charge in [0, 0.05) is 42.0 Å². The molecule has 0 spiro atoms. The normalized spacial score (nSPS) is 15.6. The molecule has 1 aliphatic heterocycles. The quantitative estimate of drug-likeness (QED) is 0.0629. The first-order chi connectivity index (χ1) is 31.6. The Morgan fingerprint density at radius 1 is 0.776 bits per heavy atom. The maximum absolute atomic E-state index is 13.9. The molecule has 1 saturated heterocycles. The summed E-state index contributed by atoms with van der Waals surface area (Å²) in [5.74, 6) is -5.44. The summed E-state index contributed by atoms with van der Waals surface area (Å²) in [5.41, 5.74) is 8.85. The molecule has 0 aromatic heterocycles. The second-order valence-electron chi connectivity index (χ2n) is 17.1. The minimum absolute atomic E-state index is 0.0195. The van der Waals surface area contributed by atoms with E-state index in [-0.39, 0.29) is 47.4 Å². The van der Waals surface area contributed by atoms with Crippen molar-refractivity contribution in [2.24, 2.45) is 17.6 Å². The molecule has 1 fully saturated rings. The Hall–Kier alpha value is -6.83. The number of carbonyl (C=O) groups excluding carboxylic acids is 7. The van der Waals surface area contributed by atoms with Crippen molar-refractivity contribution in [1.29, 1.82) is 0 Å². The number of phenols is 1. The number of halogens is 3. The molecule has 362 valence electrons. The lowest BCUT2D eigenvalue weighted by molar-refractivity contribution is -0.192. The molecular formula is C47H58F3N7O10. The van der Waals surface area contributed by atoms with Crippen molar-refractivity contribution in [2.45, 2.75) is 96.6 Å². The number of hydrogen-bond donors (Lipinski definition) is 8. The zero-order valence-corrected chi connectivity index (χ0v) is 37.7. The Balaban J connectivity index is 0.00000129. The molecule has 1 aliphatic carbocycles. The summed E-state index contributed by atoms with van der Waals surface area (Å²) in [6.07, 6.45) is -2.72. The average molecular weight is 938 g/mol. The number of ketones is 2. The number of carboxylic acid groups (broad SMARTS) is 1. The fourth-order valence-electron chi connectivity index (χ4n) is 7.63. The van der Waals surface area contributed by atoms with Gasteiger partial charge in [-0.2, -0.15) is 13.2 Å². The zero-order chi connectivity index (χ0) is 49.6. The van der Waals surface area contributed by atoms with Crippen molar-refractivity contribution in [3.05, 3.63) is 94.5 Å². The third-order valence-electron chi connectivity index (χ3n) is 10.8. The van der Waals surface area contributed by atoms with Crippen LogP contribution in [0.3, 0.4) is 0 Å². The molecule has 5 amide bonds. The molecule has 0 radical (unpaired) electrons. The molecule has 17 nitrogen and oxygen atoms in total. The molecule has 1 heterocycles. The van der Waals surface area contributed by atoms with E-state index in [2.05, 4.69) is 26.6 Å². The van der Waals surface area contributed by atoms with E-state index in [1.807, 2.05) is 27.7 Å². The van der Waals surface area contributed by atoms with Gasteiger partial charge in [-0.3, -0.25) is 33.6 Å². The molecule has 0 bridgehead atoms. The number of anilines is 1. The molecule has 4 atom stereocenters. The molecule has 5 rings (SSSR count). The minimum Gasteiger partial charge on any atom is -0.508 e. The number of nitrogens with one attached hydrogen (secondary N) is 5. The van der Waals surface area contributed by atoms with E-state index in [1.165, 1.54) is 17.0 Å². The number of carbonyl (C=O) groups is 8. The van der Waals surface area contributed by atoms with Gasteiger partial charge in [-0.25, -0.2) is 4.79 Å². The maximum atomic E-state index is 13.9. The van der Waals surface area contributed by atoms with E-state index < -0.39 is 60.6 Å². The maximum Gasteiger partial charge on any atom is 0.490 e. The molecule has 2 aliphatic rings. The van der Waals surface area contributed by atoms with Gasteiger partial charge in [-0.15, -0.1) is 0 Å². The molecule has 67 heavy (non-hydrogen) atoms. The van der Waals surface area contributed by atoms with Gasteiger partial charge in [-0.05, 0) is 74.1 Å². The topological polar surface area (TPSA) is 266 Å². The van der Waals surface area contributed by atoms with Gasteiger partial charge < -0.3 is 47.4 Å². The highest BCUT2D eigenvalue weighted by Gasteiger charge is 2.39. The number of phenolic OH excluding ortho intramolecular Hbond substituents is 1. The lowest BCUT2D eigenvalue weighted by Crippen LogP contribution is -2.56. The number of benzene rings is 3. The Kier molecular flexibility index (Phi) is 19.0. The van der Waals surface area contributed by atoms with Crippen LogP contribution in [0.2, 0.25) is 0 Å². The second-order valence-corrected chi connectivity index (χ2v) is 17.1. The van der Waals surface area contributed by atoms with Crippen molar-refractivity contribution in [3.63, 3.8) is 0 Å². The van der Waals surface area contributed by atoms with Gasteiger partial charge in [0.15, 0.2) is 11.6 Å². The average Bonchev–Trinajstić information content (AvgIpc) is 3.77. The predicted molar refractivity (Wildman–Crippen MR) is 240 cm³/mol. The van der Waals surface area contributed by atoms with Gasteiger partial charge in [-0.1, -0.05) is 76.2 Å². The molecule has 0 saturated carbocycles. The summed E-state index contributed by atoms with van der Waals surface area (Å²) in [4.78, 5) is 104. The Labute approximate surface area is 385 Å². The van der Waals surface area contributed by atoms with Crippen molar-refractivity contribution >= 4 is 52.8 Å². The molecule has 3 aromatic rings. The lowest BCUT2D eigenvalue weighted by Gasteiger charge is -2.29. The van der Waals surface area contributed by atoms with Crippen LogP contribution in [0.1, 0.15) is 97.2 Å².